The van der Waals surface area contributed by atoms with Gasteiger partial charge in [-0.2, -0.15) is 0 Å². The number of hydrogen-bond donors (Lipinski definition) is 0. The molecular weight excluding hydrogens is 188 g/mol. The highest BCUT2D eigenvalue weighted by molar-refractivity contribution is 7.98. The SMILES string of the molecule is C=Cc1ccc(SC)c(C)c1/C=C\C. The van der Waals surface area contributed by atoms with E-state index in [0.717, 1.165) is 0 Å². The van der Waals surface area contributed by atoms with E-state index in [0.29, 0.717) is 0 Å². The summed E-state index contributed by atoms with van der Waals surface area (Å²) in [5.41, 5.74) is 3.83. The second kappa shape index (κ2) is 5.06. The largest absolute Gasteiger partial charge is 0.129 e. The highest BCUT2D eigenvalue weighted by Crippen LogP contribution is 2.27. The number of hydrogen-bond acceptors (Lipinski definition) is 1. The summed E-state index contributed by atoms with van der Waals surface area (Å²) < 4.78 is 0. The van der Waals surface area contributed by atoms with Gasteiger partial charge in [-0.25, -0.2) is 0 Å². The van der Waals surface area contributed by atoms with E-state index in [1.54, 1.807) is 11.8 Å². The van der Waals surface area contributed by atoms with E-state index >= 15 is 0 Å². The van der Waals surface area contributed by atoms with Gasteiger partial charge >= 0.3 is 0 Å². The first-order valence-corrected chi connectivity index (χ1v) is 5.89. The van der Waals surface area contributed by atoms with E-state index in [1.165, 1.54) is 21.6 Å². The smallest absolute Gasteiger partial charge is 0.0105 e. The fourth-order valence-corrected chi connectivity index (χ4v) is 2.14. The molecule has 1 aromatic carbocycles. The summed E-state index contributed by atoms with van der Waals surface area (Å²) >= 11 is 1.79. The second-order valence-corrected chi connectivity index (χ2v) is 3.95. The molecule has 1 aromatic rings. The van der Waals surface area contributed by atoms with E-state index in [9.17, 15) is 0 Å². The molecule has 1 rings (SSSR count). The van der Waals surface area contributed by atoms with Crippen molar-refractivity contribution in [3.05, 3.63) is 41.5 Å². The molecule has 0 fully saturated rings. The molecule has 0 aliphatic carbocycles. The van der Waals surface area contributed by atoms with E-state index < -0.39 is 0 Å². The molecule has 1 heteroatoms. The van der Waals surface area contributed by atoms with Gasteiger partial charge in [0.05, 0.1) is 0 Å². The Morgan fingerprint density at radius 3 is 2.57 bits per heavy atom. The van der Waals surface area contributed by atoms with Crippen molar-refractivity contribution in [3.8, 4) is 0 Å². The zero-order valence-corrected chi connectivity index (χ0v) is 9.82. The van der Waals surface area contributed by atoms with Crippen LogP contribution < -0.4 is 0 Å². The maximum Gasteiger partial charge on any atom is 0.0105 e. The third-order valence-electron chi connectivity index (χ3n) is 2.27. The number of benzene rings is 1. The number of rotatable bonds is 3. The average Bonchev–Trinajstić information content (AvgIpc) is 2.21. The topological polar surface area (TPSA) is 0 Å². The molecule has 0 N–H and O–H groups in total. The Balaban J connectivity index is 3.38. The molecule has 0 saturated heterocycles. The highest BCUT2D eigenvalue weighted by Gasteiger charge is 2.04. The van der Waals surface area contributed by atoms with Gasteiger partial charge in [0.1, 0.15) is 0 Å². The first kappa shape index (κ1) is 11.1. The predicted octanol–water partition coefficient (Wildman–Crippen LogP) is 4.39. The third kappa shape index (κ3) is 2.10. The van der Waals surface area contributed by atoms with Crippen molar-refractivity contribution in [1.82, 2.24) is 0 Å². The lowest BCUT2D eigenvalue weighted by atomic mass is 10.0. The second-order valence-electron chi connectivity index (χ2n) is 3.10. The van der Waals surface area contributed by atoms with Gasteiger partial charge in [-0.05, 0) is 42.9 Å². The summed E-state index contributed by atoms with van der Waals surface area (Å²) in [7, 11) is 0. The molecule has 74 valence electrons. The van der Waals surface area contributed by atoms with Crippen LogP contribution in [-0.4, -0.2) is 6.26 Å². The normalized spacial score (nSPS) is 10.8. The predicted molar refractivity (Wildman–Crippen MR) is 67.8 cm³/mol. The van der Waals surface area contributed by atoms with E-state index in [1.807, 2.05) is 13.0 Å². The van der Waals surface area contributed by atoms with Crippen LogP contribution in [-0.2, 0) is 0 Å². The third-order valence-corrected chi connectivity index (χ3v) is 3.15. The first-order valence-electron chi connectivity index (χ1n) is 4.67. The van der Waals surface area contributed by atoms with Crippen LogP contribution in [0.4, 0.5) is 0 Å². The van der Waals surface area contributed by atoms with Gasteiger partial charge in [0.15, 0.2) is 0 Å². The van der Waals surface area contributed by atoms with Crippen molar-refractivity contribution in [3.63, 3.8) is 0 Å². The van der Waals surface area contributed by atoms with Crippen molar-refractivity contribution in [2.24, 2.45) is 0 Å². The van der Waals surface area contributed by atoms with Crippen LogP contribution in [0.1, 0.15) is 23.6 Å². The molecular formula is C13H16S. The Labute approximate surface area is 90.7 Å². The molecule has 0 nitrogen and oxygen atoms in total. The molecule has 0 bridgehead atoms. The Kier molecular flexibility index (Phi) is 4.02. The van der Waals surface area contributed by atoms with E-state index in [4.69, 9.17) is 0 Å². The molecule has 0 aromatic heterocycles. The van der Waals surface area contributed by atoms with Gasteiger partial charge in [-0.1, -0.05) is 30.9 Å². The van der Waals surface area contributed by atoms with Gasteiger partial charge in [0.25, 0.3) is 0 Å². The fourth-order valence-electron chi connectivity index (χ4n) is 1.52. The lowest BCUT2D eigenvalue weighted by Gasteiger charge is -2.09. The minimum atomic E-state index is 1.21. The van der Waals surface area contributed by atoms with Gasteiger partial charge in [0, 0.05) is 4.90 Å². The maximum absolute atomic E-state index is 3.83. The fraction of sp³-hybridized carbons (Fsp3) is 0.231. The summed E-state index contributed by atoms with van der Waals surface area (Å²) in [4.78, 5) is 1.34. The molecule has 0 saturated carbocycles. The highest BCUT2D eigenvalue weighted by atomic mass is 32.2. The summed E-state index contributed by atoms with van der Waals surface area (Å²) in [6.07, 6.45) is 8.23. The summed E-state index contributed by atoms with van der Waals surface area (Å²) in [5.74, 6) is 0. The van der Waals surface area contributed by atoms with Crippen LogP contribution in [0.25, 0.3) is 12.2 Å². The van der Waals surface area contributed by atoms with Crippen LogP contribution in [0.2, 0.25) is 0 Å². The zero-order valence-electron chi connectivity index (χ0n) is 9.00. The molecule has 0 heterocycles. The summed E-state index contributed by atoms with van der Waals surface area (Å²) in [5, 5.41) is 0. The molecule has 0 amide bonds. The van der Waals surface area contributed by atoms with Crippen molar-refractivity contribution in [1.29, 1.82) is 0 Å². The molecule has 0 unspecified atom stereocenters. The van der Waals surface area contributed by atoms with Gasteiger partial charge in [0.2, 0.25) is 0 Å². The van der Waals surface area contributed by atoms with Crippen LogP contribution in [0.5, 0.6) is 0 Å². The minimum absolute atomic E-state index is 1.21. The van der Waals surface area contributed by atoms with Crippen LogP contribution in [0.3, 0.4) is 0 Å². The number of thioether (sulfide) groups is 1. The quantitative estimate of drug-likeness (QED) is 0.658. The van der Waals surface area contributed by atoms with Gasteiger partial charge in [-0.15, -0.1) is 11.8 Å². The minimum Gasteiger partial charge on any atom is -0.129 e. The van der Waals surface area contributed by atoms with Crippen molar-refractivity contribution in [2.45, 2.75) is 18.7 Å². The van der Waals surface area contributed by atoms with E-state index in [2.05, 4.69) is 44.0 Å². The lowest BCUT2D eigenvalue weighted by Crippen LogP contribution is -1.88. The summed E-state index contributed by atoms with van der Waals surface area (Å²) in [6.45, 7) is 8.03. The molecule has 0 aliphatic rings. The lowest BCUT2D eigenvalue weighted by molar-refractivity contribution is 1.28. The number of allylic oxidation sites excluding steroid dienone is 1. The van der Waals surface area contributed by atoms with Crippen LogP contribution in [0.15, 0.2) is 29.7 Å². The standard InChI is InChI=1S/C13H16S/c1-5-7-12-10(3)13(14-4)9-8-11(12)6-2/h5-9H,2H2,1,3-4H3/b7-5-. The molecule has 0 spiro atoms. The zero-order chi connectivity index (χ0) is 10.6. The van der Waals surface area contributed by atoms with Gasteiger partial charge < -0.3 is 0 Å². The summed E-state index contributed by atoms with van der Waals surface area (Å²) in [6, 6.07) is 4.28. The van der Waals surface area contributed by atoms with Crippen LogP contribution in [0, 0.1) is 6.92 Å². The van der Waals surface area contributed by atoms with Gasteiger partial charge in [-0.3, -0.25) is 0 Å². The Hall–Kier alpha value is -0.950. The van der Waals surface area contributed by atoms with Crippen LogP contribution >= 0.6 is 11.8 Å². The monoisotopic (exact) mass is 204 g/mol. The molecule has 14 heavy (non-hydrogen) atoms. The first-order chi connectivity index (χ1) is 6.74. The van der Waals surface area contributed by atoms with Crippen molar-refractivity contribution >= 4 is 23.9 Å². The molecule has 0 atom stereocenters. The Morgan fingerprint density at radius 1 is 1.36 bits per heavy atom. The van der Waals surface area contributed by atoms with Crippen molar-refractivity contribution < 1.29 is 0 Å². The Bertz CT molecular complexity index is 362. The maximum atomic E-state index is 3.83. The molecule has 0 radical (unpaired) electrons. The molecule has 0 aliphatic heterocycles. The van der Waals surface area contributed by atoms with Crippen molar-refractivity contribution in [2.75, 3.05) is 6.26 Å². The average molecular weight is 204 g/mol. The Morgan fingerprint density at radius 2 is 2.07 bits per heavy atom. The van der Waals surface area contributed by atoms with E-state index in [-0.39, 0.29) is 0 Å².